The van der Waals surface area contributed by atoms with Crippen LogP contribution in [0, 0.1) is 0 Å². The van der Waals surface area contributed by atoms with Gasteiger partial charge in [-0.05, 0) is 19.3 Å². The third-order valence-electron chi connectivity index (χ3n) is 3.44. The van der Waals surface area contributed by atoms with Crippen LogP contribution in [0.4, 0.5) is 0 Å². The fourth-order valence-corrected chi connectivity index (χ4v) is 2.78. The SMILES string of the molecule is OCC1CC(O)CN1C1CCCC1. The first kappa shape index (κ1) is 9.44. The standard InChI is InChI=1S/C10H19NO2/c12-7-9-5-10(13)6-11(9)8-3-1-2-4-8/h8-10,12-13H,1-7H2. The second-order valence-corrected chi connectivity index (χ2v) is 4.36. The van der Waals surface area contributed by atoms with Crippen LogP contribution in [-0.2, 0) is 0 Å². The van der Waals surface area contributed by atoms with Gasteiger partial charge in [0.1, 0.15) is 0 Å². The molecule has 1 saturated carbocycles. The summed E-state index contributed by atoms with van der Waals surface area (Å²) in [4.78, 5) is 2.32. The van der Waals surface area contributed by atoms with Crippen LogP contribution in [0.15, 0.2) is 0 Å². The van der Waals surface area contributed by atoms with E-state index in [9.17, 15) is 5.11 Å². The Kier molecular flexibility index (Phi) is 2.86. The molecular formula is C10H19NO2. The van der Waals surface area contributed by atoms with Gasteiger partial charge in [0.15, 0.2) is 0 Å². The molecule has 0 aromatic rings. The van der Waals surface area contributed by atoms with E-state index in [1.54, 1.807) is 0 Å². The van der Waals surface area contributed by atoms with Crippen molar-refractivity contribution < 1.29 is 10.2 Å². The minimum Gasteiger partial charge on any atom is -0.395 e. The number of hydrogen-bond acceptors (Lipinski definition) is 3. The minimum absolute atomic E-state index is 0.202. The van der Waals surface area contributed by atoms with Crippen molar-refractivity contribution in [3.63, 3.8) is 0 Å². The second-order valence-electron chi connectivity index (χ2n) is 4.36. The third kappa shape index (κ3) is 1.87. The van der Waals surface area contributed by atoms with Crippen LogP contribution in [0.5, 0.6) is 0 Å². The molecule has 2 atom stereocenters. The normalized spacial score (nSPS) is 37.4. The summed E-state index contributed by atoms with van der Waals surface area (Å²) in [6.45, 7) is 0.976. The molecule has 0 amide bonds. The lowest BCUT2D eigenvalue weighted by molar-refractivity contribution is 0.116. The highest BCUT2D eigenvalue weighted by Gasteiger charge is 2.35. The van der Waals surface area contributed by atoms with Crippen LogP contribution in [0.25, 0.3) is 0 Å². The van der Waals surface area contributed by atoms with E-state index in [1.807, 2.05) is 0 Å². The largest absolute Gasteiger partial charge is 0.395 e. The Morgan fingerprint density at radius 3 is 2.54 bits per heavy atom. The fourth-order valence-electron chi connectivity index (χ4n) is 2.78. The van der Waals surface area contributed by atoms with E-state index in [-0.39, 0.29) is 18.8 Å². The van der Waals surface area contributed by atoms with E-state index in [0.717, 1.165) is 13.0 Å². The molecule has 2 rings (SSSR count). The first-order valence-electron chi connectivity index (χ1n) is 5.36. The van der Waals surface area contributed by atoms with E-state index in [4.69, 9.17) is 5.11 Å². The Hall–Kier alpha value is -0.120. The highest BCUT2D eigenvalue weighted by atomic mass is 16.3. The third-order valence-corrected chi connectivity index (χ3v) is 3.44. The number of hydrogen-bond donors (Lipinski definition) is 2. The number of likely N-dealkylation sites (tertiary alicyclic amines) is 1. The molecule has 0 bridgehead atoms. The average molecular weight is 185 g/mol. The topological polar surface area (TPSA) is 43.7 Å². The zero-order chi connectivity index (χ0) is 9.26. The van der Waals surface area contributed by atoms with Crippen molar-refractivity contribution in [2.45, 2.75) is 50.3 Å². The Morgan fingerprint density at radius 1 is 1.23 bits per heavy atom. The van der Waals surface area contributed by atoms with Crippen molar-refractivity contribution in [1.29, 1.82) is 0 Å². The highest BCUT2D eigenvalue weighted by molar-refractivity contribution is 4.90. The smallest absolute Gasteiger partial charge is 0.0683 e. The minimum atomic E-state index is -0.210. The summed E-state index contributed by atoms with van der Waals surface area (Å²) in [5, 5.41) is 18.7. The number of aliphatic hydroxyl groups is 2. The number of rotatable bonds is 2. The van der Waals surface area contributed by atoms with Crippen molar-refractivity contribution in [3.8, 4) is 0 Å². The lowest BCUT2D eigenvalue weighted by Crippen LogP contribution is -2.39. The molecule has 3 heteroatoms. The molecule has 0 aromatic heterocycles. The van der Waals surface area contributed by atoms with E-state index >= 15 is 0 Å². The number of aliphatic hydroxyl groups excluding tert-OH is 2. The molecule has 0 radical (unpaired) electrons. The average Bonchev–Trinajstić information content (AvgIpc) is 2.71. The molecule has 2 unspecified atom stereocenters. The zero-order valence-corrected chi connectivity index (χ0v) is 8.02. The van der Waals surface area contributed by atoms with Gasteiger partial charge in [0.2, 0.25) is 0 Å². The molecule has 0 spiro atoms. The van der Waals surface area contributed by atoms with Gasteiger partial charge in [-0.15, -0.1) is 0 Å². The predicted octanol–water partition coefficient (Wildman–Crippen LogP) is 0.356. The molecule has 1 aliphatic carbocycles. The van der Waals surface area contributed by atoms with Gasteiger partial charge in [-0.3, -0.25) is 4.90 Å². The summed E-state index contributed by atoms with van der Waals surface area (Å²) >= 11 is 0. The van der Waals surface area contributed by atoms with Gasteiger partial charge in [0.25, 0.3) is 0 Å². The van der Waals surface area contributed by atoms with Crippen molar-refractivity contribution >= 4 is 0 Å². The maximum atomic E-state index is 9.51. The van der Waals surface area contributed by atoms with E-state index in [2.05, 4.69) is 4.90 Å². The Morgan fingerprint density at radius 2 is 1.92 bits per heavy atom. The summed E-state index contributed by atoms with van der Waals surface area (Å²) in [6.07, 6.45) is 5.68. The van der Waals surface area contributed by atoms with Crippen molar-refractivity contribution in [2.75, 3.05) is 13.2 Å². The van der Waals surface area contributed by atoms with Crippen LogP contribution in [0.1, 0.15) is 32.1 Å². The molecule has 3 nitrogen and oxygen atoms in total. The number of β-amino-alcohol motifs (C(OH)–C–C–N with tert-alkyl or cyclic N) is 1. The van der Waals surface area contributed by atoms with Gasteiger partial charge in [0.05, 0.1) is 12.7 Å². The van der Waals surface area contributed by atoms with Crippen LogP contribution in [-0.4, -0.2) is 46.5 Å². The zero-order valence-electron chi connectivity index (χ0n) is 8.02. The summed E-state index contributed by atoms with van der Waals surface area (Å²) < 4.78 is 0. The summed E-state index contributed by atoms with van der Waals surface area (Å²) in [7, 11) is 0. The van der Waals surface area contributed by atoms with Gasteiger partial charge in [0, 0.05) is 18.6 Å². The quantitative estimate of drug-likeness (QED) is 0.652. The molecule has 1 saturated heterocycles. The van der Waals surface area contributed by atoms with Crippen LogP contribution in [0.2, 0.25) is 0 Å². The highest BCUT2D eigenvalue weighted by Crippen LogP contribution is 2.29. The molecule has 0 aromatic carbocycles. The lowest BCUT2D eigenvalue weighted by Gasteiger charge is -2.28. The monoisotopic (exact) mass is 185 g/mol. The molecule has 2 N–H and O–H groups in total. The first-order chi connectivity index (χ1) is 6.31. The van der Waals surface area contributed by atoms with Gasteiger partial charge < -0.3 is 10.2 Å². The van der Waals surface area contributed by atoms with Crippen molar-refractivity contribution in [3.05, 3.63) is 0 Å². The van der Waals surface area contributed by atoms with Gasteiger partial charge >= 0.3 is 0 Å². The van der Waals surface area contributed by atoms with Gasteiger partial charge in [-0.1, -0.05) is 12.8 Å². The lowest BCUT2D eigenvalue weighted by atomic mass is 10.1. The van der Waals surface area contributed by atoms with Gasteiger partial charge in [-0.2, -0.15) is 0 Å². The summed E-state index contributed by atoms with van der Waals surface area (Å²) in [6, 6.07) is 0.854. The predicted molar refractivity (Wildman–Crippen MR) is 50.5 cm³/mol. The van der Waals surface area contributed by atoms with Crippen molar-refractivity contribution in [1.82, 2.24) is 4.90 Å². The van der Waals surface area contributed by atoms with Crippen LogP contribution in [0.3, 0.4) is 0 Å². The molecule has 1 heterocycles. The Balaban J connectivity index is 1.96. The maximum Gasteiger partial charge on any atom is 0.0683 e. The molecule has 13 heavy (non-hydrogen) atoms. The summed E-state index contributed by atoms with van der Waals surface area (Å²) in [5.41, 5.74) is 0. The molecule has 2 aliphatic rings. The first-order valence-corrected chi connectivity index (χ1v) is 5.36. The number of nitrogens with zero attached hydrogens (tertiary/aromatic N) is 1. The Labute approximate surface area is 79.4 Å². The van der Waals surface area contributed by atoms with Gasteiger partial charge in [-0.25, -0.2) is 0 Å². The molecule has 2 fully saturated rings. The summed E-state index contributed by atoms with van der Waals surface area (Å²) in [5.74, 6) is 0. The van der Waals surface area contributed by atoms with E-state index < -0.39 is 0 Å². The maximum absolute atomic E-state index is 9.51. The van der Waals surface area contributed by atoms with Crippen molar-refractivity contribution in [2.24, 2.45) is 0 Å². The second kappa shape index (κ2) is 3.95. The van der Waals surface area contributed by atoms with Crippen LogP contribution < -0.4 is 0 Å². The molecular weight excluding hydrogens is 166 g/mol. The van der Waals surface area contributed by atoms with Crippen LogP contribution >= 0.6 is 0 Å². The Bertz CT molecular complexity index is 166. The van der Waals surface area contributed by atoms with E-state index in [0.29, 0.717) is 6.04 Å². The molecule has 76 valence electrons. The fraction of sp³-hybridized carbons (Fsp3) is 1.00. The molecule has 1 aliphatic heterocycles. The van der Waals surface area contributed by atoms with E-state index in [1.165, 1.54) is 25.7 Å².